The van der Waals surface area contributed by atoms with Crippen molar-refractivity contribution < 1.29 is 26.3 Å². The molecule has 98 valence electrons. The summed E-state index contributed by atoms with van der Waals surface area (Å²) in [4.78, 5) is 2.14. The van der Waals surface area contributed by atoms with Gasteiger partial charge in [-0.1, -0.05) is 0 Å². The molecule has 1 aromatic heterocycles. The first kappa shape index (κ1) is 14.3. The van der Waals surface area contributed by atoms with Crippen LogP contribution in [-0.2, 0) is 9.05 Å². The number of nitrogens with zero attached hydrogens (tertiary/aromatic N) is 2. The van der Waals surface area contributed by atoms with Gasteiger partial charge in [0.25, 0.3) is 9.05 Å². The zero-order valence-electron chi connectivity index (χ0n) is 8.19. The average Bonchev–Trinajstić information content (AvgIpc) is 2.16. The van der Waals surface area contributed by atoms with Crippen molar-refractivity contribution in [3.8, 4) is 11.8 Å². The summed E-state index contributed by atoms with van der Waals surface area (Å²) in [6.45, 7) is 0. The third-order valence-corrected chi connectivity index (χ3v) is 2.87. The second-order valence-corrected chi connectivity index (χ2v) is 5.35. The monoisotopic (exact) mass is 301 g/mol. The van der Waals surface area contributed by atoms with E-state index in [1.54, 1.807) is 0 Å². The summed E-state index contributed by atoms with van der Waals surface area (Å²) in [5, 5.41) is 8.58. The van der Waals surface area contributed by atoms with E-state index in [2.05, 4.69) is 9.72 Å². The second kappa shape index (κ2) is 4.51. The molecule has 1 aromatic rings. The molecule has 0 amide bonds. The molecule has 1 heterocycles. The standard InChI is InChI=1S/C7H3ClF3N3O3S/c8-18(15,16)4-1-5(13)14-3(2-12)6(4)17-7(9,10)11/h1H,(H2,13,14). The van der Waals surface area contributed by atoms with Crippen LogP contribution in [0.15, 0.2) is 11.0 Å². The van der Waals surface area contributed by atoms with Gasteiger partial charge in [0, 0.05) is 16.7 Å². The summed E-state index contributed by atoms with van der Waals surface area (Å²) >= 11 is 0. The summed E-state index contributed by atoms with van der Waals surface area (Å²) in [7, 11) is 0.341. The third-order valence-electron chi connectivity index (χ3n) is 1.55. The van der Waals surface area contributed by atoms with Crippen molar-refractivity contribution in [2.75, 3.05) is 5.73 Å². The number of hydrogen-bond donors (Lipinski definition) is 1. The molecule has 0 bridgehead atoms. The van der Waals surface area contributed by atoms with Gasteiger partial charge in [-0.05, 0) is 0 Å². The van der Waals surface area contributed by atoms with Crippen molar-refractivity contribution in [3.63, 3.8) is 0 Å². The smallest absolute Gasteiger partial charge is 0.401 e. The molecule has 11 heteroatoms. The van der Waals surface area contributed by atoms with Crippen molar-refractivity contribution >= 4 is 25.6 Å². The van der Waals surface area contributed by atoms with Crippen LogP contribution < -0.4 is 10.5 Å². The number of nitriles is 1. The Morgan fingerprint density at radius 1 is 1.50 bits per heavy atom. The number of pyridine rings is 1. The van der Waals surface area contributed by atoms with Gasteiger partial charge in [0.05, 0.1) is 0 Å². The fraction of sp³-hybridized carbons (Fsp3) is 0.143. The van der Waals surface area contributed by atoms with Gasteiger partial charge in [0.2, 0.25) is 0 Å². The highest BCUT2D eigenvalue weighted by molar-refractivity contribution is 8.13. The van der Waals surface area contributed by atoms with E-state index in [-0.39, 0.29) is 0 Å². The number of aromatic nitrogens is 1. The summed E-state index contributed by atoms with van der Waals surface area (Å²) < 4.78 is 61.9. The third kappa shape index (κ3) is 3.38. The summed E-state index contributed by atoms with van der Waals surface area (Å²) in [6, 6.07) is 1.79. The molecule has 0 saturated carbocycles. The Balaban J connectivity index is 3.60. The largest absolute Gasteiger partial charge is 0.573 e. The van der Waals surface area contributed by atoms with Crippen molar-refractivity contribution in [1.82, 2.24) is 4.98 Å². The fourth-order valence-electron chi connectivity index (χ4n) is 1.000. The van der Waals surface area contributed by atoms with Crippen molar-refractivity contribution in [1.29, 1.82) is 5.26 Å². The Bertz CT molecular complexity index is 623. The SMILES string of the molecule is N#Cc1nc(N)cc(S(=O)(=O)Cl)c1OC(F)(F)F. The van der Waals surface area contributed by atoms with Crippen LogP contribution in [0.25, 0.3) is 0 Å². The Morgan fingerprint density at radius 2 is 2.06 bits per heavy atom. The van der Waals surface area contributed by atoms with E-state index in [1.165, 1.54) is 6.07 Å². The Labute approximate surface area is 103 Å². The van der Waals surface area contributed by atoms with Gasteiger partial charge >= 0.3 is 6.36 Å². The number of hydrogen-bond acceptors (Lipinski definition) is 6. The van der Waals surface area contributed by atoms with E-state index in [4.69, 9.17) is 21.7 Å². The summed E-state index contributed by atoms with van der Waals surface area (Å²) in [5.41, 5.74) is 4.20. The molecule has 0 aliphatic carbocycles. The van der Waals surface area contributed by atoms with Crippen LogP contribution in [-0.4, -0.2) is 19.8 Å². The minimum atomic E-state index is -5.21. The topological polar surface area (TPSA) is 106 Å². The molecule has 0 aliphatic rings. The van der Waals surface area contributed by atoms with E-state index in [0.717, 1.165) is 0 Å². The normalized spacial score (nSPS) is 11.9. The lowest BCUT2D eigenvalue weighted by Gasteiger charge is -2.12. The Hall–Kier alpha value is -1.73. The van der Waals surface area contributed by atoms with Crippen LogP contribution >= 0.6 is 10.7 Å². The van der Waals surface area contributed by atoms with Crippen LogP contribution in [0.3, 0.4) is 0 Å². The first-order valence-corrected chi connectivity index (χ1v) is 6.26. The predicted molar refractivity (Wildman–Crippen MR) is 53.1 cm³/mol. The predicted octanol–water partition coefficient (Wildman–Crippen LogP) is 1.36. The van der Waals surface area contributed by atoms with Gasteiger partial charge in [-0.25, -0.2) is 13.4 Å². The highest BCUT2D eigenvalue weighted by Gasteiger charge is 2.36. The molecule has 0 aromatic carbocycles. The van der Waals surface area contributed by atoms with E-state index >= 15 is 0 Å². The number of halogens is 4. The van der Waals surface area contributed by atoms with Gasteiger partial charge in [-0.2, -0.15) is 5.26 Å². The lowest BCUT2D eigenvalue weighted by atomic mass is 10.3. The number of nitrogen functional groups attached to an aromatic ring is 1. The number of ether oxygens (including phenoxy) is 1. The summed E-state index contributed by atoms with van der Waals surface area (Å²) in [5.74, 6) is -1.80. The summed E-state index contributed by atoms with van der Waals surface area (Å²) in [6.07, 6.45) is -5.21. The highest BCUT2D eigenvalue weighted by Crippen LogP contribution is 2.34. The molecule has 6 nitrogen and oxygen atoms in total. The lowest BCUT2D eigenvalue weighted by Crippen LogP contribution is -2.20. The molecular formula is C7H3ClF3N3O3S. The molecular weight excluding hydrogens is 299 g/mol. The first-order chi connectivity index (χ1) is 8.04. The van der Waals surface area contributed by atoms with Crippen molar-refractivity contribution in [2.45, 2.75) is 11.3 Å². The second-order valence-electron chi connectivity index (χ2n) is 2.82. The minimum Gasteiger partial charge on any atom is -0.401 e. The molecule has 0 radical (unpaired) electrons. The maximum atomic E-state index is 12.1. The highest BCUT2D eigenvalue weighted by atomic mass is 35.7. The van der Waals surface area contributed by atoms with Crippen LogP contribution in [0.4, 0.5) is 19.0 Å². The zero-order chi connectivity index (χ0) is 14.1. The molecule has 0 fully saturated rings. The fourth-order valence-corrected chi connectivity index (χ4v) is 1.97. The number of nitrogens with two attached hydrogens (primary N) is 1. The van der Waals surface area contributed by atoms with Crippen LogP contribution in [0, 0.1) is 11.3 Å². The number of alkyl halides is 3. The van der Waals surface area contributed by atoms with Gasteiger partial charge in [-0.3, -0.25) is 0 Å². The minimum absolute atomic E-state index is 0.486. The van der Waals surface area contributed by atoms with E-state index in [9.17, 15) is 21.6 Å². The molecule has 18 heavy (non-hydrogen) atoms. The lowest BCUT2D eigenvalue weighted by molar-refractivity contribution is -0.275. The van der Waals surface area contributed by atoms with Crippen LogP contribution in [0.2, 0.25) is 0 Å². The van der Waals surface area contributed by atoms with Crippen molar-refractivity contribution in [2.24, 2.45) is 0 Å². The van der Waals surface area contributed by atoms with E-state index < -0.39 is 37.6 Å². The maximum Gasteiger partial charge on any atom is 0.573 e. The van der Waals surface area contributed by atoms with Gasteiger partial charge in [0.15, 0.2) is 11.4 Å². The molecule has 1 rings (SSSR count). The van der Waals surface area contributed by atoms with E-state index in [1.807, 2.05) is 0 Å². The number of rotatable bonds is 2. The van der Waals surface area contributed by atoms with Gasteiger partial charge in [0.1, 0.15) is 16.8 Å². The Morgan fingerprint density at radius 3 is 2.44 bits per heavy atom. The van der Waals surface area contributed by atoms with Crippen LogP contribution in [0.5, 0.6) is 5.75 Å². The zero-order valence-corrected chi connectivity index (χ0v) is 9.77. The number of anilines is 1. The molecule has 2 N–H and O–H groups in total. The van der Waals surface area contributed by atoms with Crippen LogP contribution in [0.1, 0.15) is 5.69 Å². The van der Waals surface area contributed by atoms with Gasteiger partial charge in [-0.15, -0.1) is 13.2 Å². The molecule has 0 unspecified atom stereocenters. The van der Waals surface area contributed by atoms with Gasteiger partial charge < -0.3 is 10.5 Å². The Kier molecular flexibility index (Phi) is 3.59. The first-order valence-electron chi connectivity index (χ1n) is 3.95. The average molecular weight is 302 g/mol. The van der Waals surface area contributed by atoms with Crippen molar-refractivity contribution in [3.05, 3.63) is 11.8 Å². The maximum absolute atomic E-state index is 12.1. The molecule has 0 aliphatic heterocycles. The quantitative estimate of drug-likeness (QED) is 0.827. The molecule has 0 atom stereocenters. The molecule has 0 spiro atoms. The molecule has 0 saturated heterocycles. The van der Waals surface area contributed by atoms with E-state index in [0.29, 0.717) is 6.07 Å².